The number of pyridine rings is 1. The Morgan fingerprint density at radius 2 is 1.57 bits per heavy atom. The molecule has 0 saturated carbocycles. The zero-order valence-electron chi connectivity index (χ0n) is 21.3. The fourth-order valence-electron chi connectivity index (χ4n) is 2.26. The first-order valence-electron chi connectivity index (χ1n) is 10.3. The Labute approximate surface area is 216 Å². The first-order valence-corrected chi connectivity index (χ1v) is 10.3. The van der Waals surface area contributed by atoms with Gasteiger partial charge < -0.3 is 49.2 Å². The number of nitrogens with zero attached hydrogens (tertiary/aromatic N) is 2. The van der Waals surface area contributed by atoms with Crippen molar-refractivity contribution >= 4 is 32.4 Å². The van der Waals surface area contributed by atoms with Gasteiger partial charge in [0.05, 0.1) is 27.4 Å². The maximum atomic E-state index is 12.1. The molecular formula is C25H36N2O10. The average Bonchev–Trinajstić information content (AvgIpc) is 2.98. The molecule has 0 spiro atoms. The van der Waals surface area contributed by atoms with Gasteiger partial charge >= 0.3 is 0 Å². The molecule has 4 N–H and O–H groups in total. The highest BCUT2D eigenvalue weighted by Crippen LogP contribution is 2.27. The fourth-order valence-corrected chi connectivity index (χ4v) is 2.26. The van der Waals surface area contributed by atoms with Gasteiger partial charge in [0, 0.05) is 32.1 Å². The van der Waals surface area contributed by atoms with Crippen LogP contribution in [0, 0.1) is 0 Å². The number of likely N-dealkylation sites (N-methyl/N-ethyl adjacent to an activating group) is 1. The molecule has 206 valence electrons. The molecule has 0 saturated heterocycles. The summed E-state index contributed by atoms with van der Waals surface area (Å²) in [6, 6.07) is 9.53. The predicted molar refractivity (Wildman–Crippen MR) is 137 cm³/mol. The quantitative estimate of drug-likeness (QED) is 0.254. The minimum Gasteiger partial charge on any atom is -0.493 e. The monoisotopic (exact) mass is 524 g/mol. The number of carbonyl (C=O) groups is 4. The Morgan fingerprint density at radius 3 is 2.00 bits per heavy atom. The van der Waals surface area contributed by atoms with Gasteiger partial charge in [0.2, 0.25) is 11.7 Å². The summed E-state index contributed by atoms with van der Waals surface area (Å²) in [5.74, 6) is -0.954. The SMILES string of the molecule is C=O.C=O.C=O.COc1ccc(CCN(C)C(=O)/C=C/c2cccnc2)cc1OC.OCC(O)(O)CO. The Morgan fingerprint density at radius 1 is 1.00 bits per heavy atom. The summed E-state index contributed by atoms with van der Waals surface area (Å²) in [5, 5.41) is 32.2. The molecule has 0 aliphatic rings. The molecule has 37 heavy (non-hydrogen) atoms. The summed E-state index contributed by atoms with van der Waals surface area (Å²) in [4.78, 5) is 41.8. The maximum absolute atomic E-state index is 12.1. The summed E-state index contributed by atoms with van der Waals surface area (Å²) in [7, 11) is 5.01. The summed E-state index contributed by atoms with van der Waals surface area (Å²) in [6.45, 7) is 4.93. The van der Waals surface area contributed by atoms with Gasteiger partial charge in [0.1, 0.15) is 20.4 Å². The van der Waals surface area contributed by atoms with Crippen molar-refractivity contribution in [2.75, 3.05) is 41.0 Å². The summed E-state index contributed by atoms with van der Waals surface area (Å²) >= 11 is 0. The van der Waals surface area contributed by atoms with Gasteiger partial charge in [-0.2, -0.15) is 0 Å². The van der Waals surface area contributed by atoms with Crippen LogP contribution in [0.15, 0.2) is 48.8 Å². The maximum Gasteiger partial charge on any atom is 0.246 e. The second-order valence-corrected chi connectivity index (χ2v) is 6.62. The highest BCUT2D eigenvalue weighted by molar-refractivity contribution is 5.91. The van der Waals surface area contributed by atoms with Crippen molar-refractivity contribution in [3.8, 4) is 11.5 Å². The van der Waals surface area contributed by atoms with Crippen molar-refractivity contribution in [3.63, 3.8) is 0 Å². The van der Waals surface area contributed by atoms with Crippen LogP contribution in [-0.4, -0.2) is 103 Å². The van der Waals surface area contributed by atoms with Gasteiger partial charge in [-0.1, -0.05) is 12.1 Å². The Hall–Kier alpha value is -3.97. The van der Waals surface area contributed by atoms with E-state index >= 15 is 0 Å². The van der Waals surface area contributed by atoms with Gasteiger partial charge in [0.25, 0.3) is 0 Å². The number of aliphatic hydroxyl groups is 4. The lowest BCUT2D eigenvalue weighted by molar-refractivity contribution is -0.208. The Kier molecular flexibility index (Phi) is 24.1. The molecule has 0 aliphatic carbocycles. The van der Waals surface area contributed by atoms with Crippen molar-refractivity contribution < 1.29 is 49.1 Å². The molecule has 0 radical (unpaired) electrons. The van der Waals surface area contributed by atoms with Crippen molar-refractivity contribution in [1.82, 2.24) is 9.88 Å². The standard InChI is InChI=1S/C19H22N2O3.C3H8O4.3CH2O/c1-21(19(22)9-7-16-5-4-11-20-14-16)12-10-15-6-8-17(23-2)18(13-15)24-3;4-1-3(6,7)2-5;3*1-2/h4-9,11,13-14H,10,12H2,1-3H3;4-7H,1-2H2;3*1H2/b9-7+;;;;. The van der Waals surface area contributed by atoms with Crippen LogP contribution in [0.3, 0.4) is 0 Å². The molecule has 12 nitrogen and oxygen atoms in total. The number of benzene rings is 1. The van der Waals surface area contributed by atoms with Crippen LogP contribution in [0.25, 0.3) is 6.08 Å². The molecule has 1 heterocycles. The van der Waals surface area contributed by atoms with E-state index in [-0.39, 0.29) is 5.91 Å². The smallest absolute Gasteiger partial charge is 0.246 e. The van der Waals surface area contributed by atoms with Crippen LogP contribution < -0.4 is 9.47 Å². The van der Waals surface area contributed by atoms with Crippen molar-refractivity contribution in [2.45, 2.75) is 12.2 Å². The van der Waals surface area contributed by atoms with E-state index in [1.165, 1.54) is 0 Å². The zero-order chi connectivity index (χ0) is 29.3. The molecule has 1 aromatic heterocycles. The zero-order valence-corrected chi connectivity index (χ0v) is 21.3. The van der Waals surface area contributed by atoms with Gasteiger partial charge in [-0.25, -0.2) is 0 Å². The lowest BCUT2D eigenvalue weighted by Gasteiger charge is -2.16. The third-order valence-corrected chi connectivity index (χ3v) is 4.17. The molecule has 1 amide bonds. The molecule has 1 aromatic carbocycles. The van der Waals surface area contributed by atoms with Crippen LogP contribution in [0.5, 0.6) is 11.5 Å². The number of ether oxygens (including phenoxy) is 2. The van der Waals surface area contributed by atoms with E-state index in [0.717, 1.165) is 17.5 Å². The number of aliphatic hydroxyl groups excluding tert-OH is 2. The number of aromatic nitrogens is 1. The number of methoxy groups -OCH3 is 2. The van der Waals surface area contributed by atoms with E-state index in [1.54, 1.807) is 50.7 Å². The van der Waals surface area contributed by atoms with Gasteiger partial charge in [-0.15, -0.1) is 0 Å². The second kappa shape index (κ2) is 23.8. The van der Waals surface area contributed by atoms with Crippen LogP contribution in [0.1, 0.15) is 11.1 Å². The van der Waals surface area contributed by atoms with Crippen LogP contribution in [-0.2, 0) is 25.6 Å². The number of rotatable bonds is 9. The first-order chi connectivity index (χ1) is 17.8. The molecule has 0 atom stereocenters. The highest BCUT2D eigenvalue weighted by atomic mass is 16.5. The minimum absolute atomic E-state index is 0.0423. The topological polar surface area (TPSA) is 184 Å². The van der Waals surface area contributed by atoms with Gasteiger partial charge in [0.15, 0.2) is 11.5 Å². The molecule has 2 rings (SSSR count). The molecule has 2 aromatic rings. The van der Waals surface area contributed by atoms with Crippen LogP contribution in [0.4, 0.5) is 0 Å². The number of amides is 1. The van der Waals surface area contributed by atoms with Crippen LogP contribution >= 0.6 is 0 Å². The van der Waals surface area contributed by atoms with E-state index in [1.807, 2.05) is 50.7 Å². The highest BCUT2D eigenvalue weighted by Gasteiger charge is 2.18. The Balaban J connectivity index is -0.000000751. The molecule has 0 aliphatic heterocycles. The summed E-state index contributed by atoms with van der Waals surface area (Å²) < 4.78 is 10.5. The van der Waals surface area contributed by atoms with Crippen molar-refractivity contribution in [3.05, 3.63) is 59.9 Å². The molecule has 0 bridgehead atoms. The fraction of sp³-hybridized carbons (Fsp3) is 0.320. The lowest BCUT2D eigenvalue weighted by Crippen LogP contribution is -2.36. The number of hydrogen-bond acceptors (Lipinski definition) is 11. The largest absolute Gasteiger partial charge is 0.493 e. The lowest BCUT2D eigenvalue weighted by atomic mass is 10.1. The van der Waals surface area contributed by atoms with Gasteiger partial charge in [-0.3, -0.25) is 9.78 Å². The molecule has 0 unspecified atom stereocenters. The van der Waals surface area contributed by atoms with E-state index in [9.17, 15) is 4.79 Å². The molecule has 12 heteroatoms. The third-order valence-electron chi connectivity index (χ3n) is 4.17. The normalized spacial score (nSPS) is 9.49. The molecular weight excluding hydrogens is 488 g/mol. The minimum atomic E-state index is -2.31. The van der Waals surface area contributed by atoms with Crippen molar-refractivity contribution in [2.24, 2.45) is 0 Å². The van der Waals surface area contributed by atoms with E-state index in [4.69, 9.17) is 44.3 Å². The second-order valence-electron chi connectivity index (χ2n) is 6.62. The van der Waals surface area contributed by atoms with E-state index < -0.39 is 19.0 Å². The van der Waals surface area contributed by atoms with Gasteiger partial charge in [-0.05, 0) is 41.8 Å². The molecule has 0 fully saturated rings. The number of hydrogen-bond donors (Lipinski definition) is 4. The Bertz CT molecular complexity index is 868. The number of carbonyl (C=O) groups excluding carboxylic acids is 4. The van der Waals surface area contributed by atoms with Crippen LogP contribution in [0.2, 0.25) is 0 Å². The summed E-state index contributed by atoms with van der Waals surface area (Å²) in [5.41, 5.74) is 1.99. The van der Waals surface area contributed by atoms with E-state index in [2.05, 4.69) is 4.98 Å². The average molecular weight is 525 g/mol. The predicted octanol–water partition coefficient (Wildman–Crippen LogP) is -0.0897. The van der Waals surface area contributed by atoms with E-state index in [0.29, 0.717) is 18.0 Å². The van der Waals surface area contributed by atoms with Crippen molar-refractivity contribution in [1.29, 1.82) is 0 Å². The first kappa shape index (κ1) is 37.6. The third kappa shape index (κ3) is 17.2. The summed E-state index contributed by atoms with van der Waals surface area (Å²) in [6.07, 6.45) is 7.49.